The van der Waals surface area contributed by atoms with E-state index in [-0.39, 0.29) is 42.3 Å². The zero-order valence-corrected chi connectivity index (χ0v) is 12.9. The van der Waals surface area contributed by atoms with Crippen LogP contribution in [-0.4, -0.2) is 50.2 Å². The summed E-state index contributed by atoms with van der Waals surface area (Å²) in [6.07, 6.45) is 0.974. The van der Waals surface area contributed by atoms with Gasteiger partial charge >= 0.3 is 0 Å². The number of piperidine rings is 1. The van der Waals surface area contributed by atoms with Gasteiger partial charge in [0.2, 0.25) is 10.0 Å². The zero-order valence-electron chi connectivity index (χ0n) is 11.3. The van der Waals surface area contributed by atoms with Crippen molar-refractivity contribution in [3.05, 3.63) is 29.0 Å². The summed E-state index contributed by atoms with van der Waals surface area (Å²) < 4.78 is 45.2. The van der Waals surface area contributed by atoms with Crippen molar-refractivity contribution in [2.45, 2.75) is 23.8 Å². The highest BCUT2D eigenvalue weighted by Gasteiger charge is 2.31. The zero-order chi connectivity index (χ0) is 15.5. The van der Waals surface area contributed by atoms with Gasteiger partial charge in [0.15, 0.2) is 0 Å². The van der Waals surface area contributed by atoms with Gasteiger partial charge in [-0.1, -0.05) is 11.6 Å². The van der Waals surface area contributed by atoms with E-state index >= 15 is 0 Å². The molecule has 1 aliphatic rings. The maximum absolute atomic E-state index is 13.8. The van der Waals surface area contributed by atoms with Crippen molar-refractivity contribution >= 4 is 21.6 Å². The van der Waals surface area contributed by atoms with Crippen molar-refractivity contribution in [3.8, 4) is 0 Å². The van der Waals surface area contributed by atoms with Gasteiger partial charge in [-0.3, -0.25) is 0 Å². The third-order valence-electron chi connectivity index (χ3n) is 3.36. The average molecular weight is 338 g/mol. The first-order valence-corrected chi connectivity index (χ1v) is 8.44. The summed E-state index contributed by atoms with van der Waals surface area (Å²) in [6, 6.07) is 3.53. The molecule has 1 heterocycles. The fourth-order valence-electron chi connectivity index (χ4n) is 2.28. The molecule has 21 heavy (non-hydrogen) atoms. The van der Waals surface area contributed by atoms with Gasteiger partial charge in [-0.05, 0) is 31.0 Å². The van der Waals surface area contributed by atoms with Crippen molar-refractivity contribution in [2.24, 2.45) is 0 Å². The molecule has 1 aromatic carbocycles. The first-order valence-electron chi connectivity index (χ1n) is 6.63. The van der Waals surface area contributed by atoms with Gasteiger partial charge in [0.25, 0.3) is 0 Å². The van der Waals surface area contributed by atoms with Gasteiger partial charge in [-0.2, -0.15) is 4.31 Å². The number of hydrogen-bond acceptors (Lipinski definition) is 4. The Labute approximate surface area is 128 Å². The van der Waals surface area contributed by atoms with Crippen LogP contribution in [0.3, 0.4) is 0 Å². The Hall–Kier alpha value is -0.730. The van der Waals surface area contributed by atoms with Gasteiger partial charge in [-0.25, -0.2) is 12.8 Å². The van der Waals surface area contributed by atoms with Crippen LogP contribution in [0.2, 0.25) is 5.02 Å². The highest BCUT2D eigenvalue weighted by Crippen LogP contribution is 2.25. The molecule has 0 unspecified atom stereocenters. The summed E-state index contributed by atoms with van der Waals surface area (Å²) >= 11 is 5.64. The van der Waals surface area contributed by atoms with E-state index in [0.717, 1.165) is 6.07 Å². The van der Waals surface area contributed by atoms with Crippen molar-refractivity contribution in [1.29, 1.82) is 0 Å². The third-order valence-corrected chi connectivity index (χ3v) is 5.52. The quantitative estimate of drug-likeness (QED) is 0.887. The van der Waals surface area contributed by atoms with E-state index < -0.39 is 15.8 Å². The maximum Gasteiger partial charge on any atom is 0.245 e. The molecule has 0 atom stereocenters. The summed E-state index contributed by atoms with van der Waals surface area (Å²) in [5.74, 6) is -0.846. The van der Waals surface area contributed by atoms with E-state index in [1.165, 1.54) is 16.4 Å². The lowest BCUT2D eigenvalue weighted by Crippen LogP contribution is -2.41. The molecule has 118 valence electrons. The van der Waals surface area contributed by atoms with Gasteiger partial charge in [0.1, 0.15) is 10.7 Å². The summed E-state index contributed by atoms with van der Waals surface area (Å²) in [5.41, 5.74) is 0. The second-order valence-corrected chi connectivity index (χ2v) is 7.12. The predicted molar refractivity (Wildman–Crippen MR) is 76.2 cm³/mol. The number of sulfonamides is 1. The monoisotopic (exact) mass is 337 g/mol. The Morgan fingerprint density at radius 1 is 1.38 bits per heavy atom. The minimum Gasteiger partial charge on any atom is -0.394 e. The number of nitrogens with zero attached hydrogens (tertiary/aromatic N) is 1. The lowest BCUT2D eigenvalue weighted by atomic mass is 10.1. The smallest absolute Gasteiger partial charge is 0.245 e. The normalized spacial score (nSPS) is 18.0. The average Bonchev–Trinajstić information content (AvgIpc) is 2.45. The van der Waals surface area contributed by atoms with Crippen LogP contribution in [0.4, 0.5) is 4.39 Å². The first-order chi connectivity index (χ1) is 9.95. The van der Waals surface area contributed by atoms with E-state index in [0.29, 0.717) is 12.8 Å². The van der Waals surface area contributed by atoms with Gasteiger partial charge < -0.3 is 9.84 Å². The fraction of sp³-hybridized carbons (Fsp3) is 0.538. The van der Waals surface area contributed by atoms with Crippen LogP contribution in [-0.2, 0) is 14.8 Å². The second-order valence-electron chi connectivity index (χ2n) is 4.77. The van der Waals surface area contributed by atoms with Crippen LogP contribution >= 0.6 is 11.6 Å². The van der Waals surface area contributed by atoms with Crippen LogP contribution in [0, 0.1) is 5.82 Å². The van der Waals surface area contributed by atoms with Crippen LogP contribution in [0.5, 0.6) is 0 Å². The third kappa shape index (κ3) is 3.92. The number of benzene rings is 1. The van der Waals surface area contributed by atoms with Gasteiger partial charge in [0, 0.05) is 18.1 Å². The molecule has 1 fully saturated rings. The Morgan fingerprint density at radius 2 is 2.05 bits per heavy atom. The molecular weight excluding hydrogens is 321 g/mol. The molecule has 0 saturated carbocycles. The minimum absolute atomic E-state index is 0.0610. The summed E-state index contributed by atoms with van der Waals surface area (Å²) in [7, 11) is -3.86. The molecular formula is C13H17ClFNO4S. The second kappa shape index (κ2) is 7.02. The molecule has 2 rings (SSSR count). The lowest BCUT2D eigenvalue weighted by Gasteiger charge is -2.31. The largest absolute Gasteiger partial charge is 0.394 e. The van der Waals surface area contributed by atoms with Crippen LogP contribution < -0.4 is 0 Å². The van der Waals surface area contributed by atoms with E-state index in [4.69, 9.17) is 21.4 Å². The Bertz CT molecular complexity index is 588. The molecule has 1 saturated heterocycles. The van der Waals surface area contributed by atoms with E-state index in [2.05, 4.69) is 0 Å². The molecule has 0 aliphatic carbocycles. The SMILES string of the molecule is O=S(=O)(c1ccc(Cl)cc1F)N1CCC(OCCO)CC1. The summed E-state index contributed by atoms with van der Waals surface area (Å²) in [4.78, 5) is -0.360. The summed E-state index contributed by atoms with van der Waals surface area (Å²) in [6.45, 7) is 0.707. The minimum atomic E-state index is -3.86. The molecule has 1 aromatic rings. The topological polar surface area (TPSA) is 66.8 Å². The van der Waals surface area contributed by atoms with E-state index in [9.17, 15) is 12.8 Å². The van der Waals surface area contributed by atoms with Crippen molar-refractivity contribution < 1.29 is 22.7 Å². The Kier molecular flexibility index (Phi) is 5.56. The van der Waals surface area contributed by atoms with Crippen molar-refractivity contribution in [1.82, 2.24) is 4.31 Å². The number of aliphatic hydroxyl groups excluding tert-OH is 1. The molecule has 1 N–H and O–H groups in total. The van der Waals surface area contributed by atoms with Crippen LogP contribution in [0.25, 0.3) is 0 Å². The molecule has 0 spiro atoms. The molecule has 5 nitrogen and oxygen atoms in total. The molecule has 1 aliphatic heterocycles. The summed E-state index contributed by atoms with van der Waals surface area (Å²) in [5, 5.41) is 8.85. The fourth-order valence-corrected chi connectivity index (χ4v) is 3.96. The highest BCUT2D eigenvalue weighted by atomic mass is 35.5. The van der Waals surface area contributed by atoms with Crippen LogP contribution in [0.15, 0.2) is 23.1 Å². The molecule has 0 bridgehead atoms. The van der Waals surface area contributed by atoms with Gasteiger partial charge in [-0.15, -0.1) is 0 Å². The molecule has 0 amide bonds. The van der Waals surface area contributed by atoms with Crippen LogP contribution in [0.1, 0.15) is 12.8 Å². The number of ether oxygens (including phenoxy) is 1. The first kappa shape index (κ1) is 16.6. The maximum atomic E-state index is 13.8. The molecule has 8 heteroatoms. The standard InChI is InChI=1S/C13H17ClFNO4S/c14-10-1-2-13(12(15)9-10)21(18,19)16-5-3-11(4-6-16)20-8-7-17/h1-2,9,11,17H,3-8H2. The highest BCUT2D eigenvalue weighted by molar-refractivity contribution is 7.89. The predicted octanol–water partition coefficient (Wildman–Crippen LogP) is 1.64. The molecule has 0 aromatic heterocycles. The van der Waals surface area contributed by atoms with E-state index in [1.54, 1.807) is 0 Å². The Balaban J connectivity index is 2.08. The number of rotatable bonds is 5. The Morgan fingerprint density at radius 3 is 2.62 bits per heavy atom. The number of aliphatic hydroxyl groups is 1. The van der Waals surface area contributed by atoms with Crippen molar-refractivity contribution in [3.63, 3.8) is 0 Å². The van der Waals surface area contributed by atoms with Crippen molar-refractivity contribution in [2.75, 3.05) is 26.3 Å². The van der Waals surface area contributed by atoms with E-state index in [1.807, 2.05) is 0 Å². The lowest BCUT2D eigenvalue weighted by molar-refractivity contribution is 0.00317. The molecule has 0 radical (unpaired) electrons. The number of halogens is 2. The number of hydrogen-bond donors (Lipinski definition) is 1. The van der Waals surface area contributed by atoms with Gasteiger partial charge in [0.05, 0.1) is 19.3 Å².